The van der Waals surface area contributed by atoms with Gasteiger partial charge in [-0.2, -0.15) is 0 Å². The monoisotopic (exact) mass is 228 g/mol. The molecule has 0 N–H and O–H groups in total. The number of rotatable bonds is 4. The van der Waals surface area contributed by atoms with Crippen LogP contribution in [0.3, 0.4) is 0 Å². The molecule has 0 aliphatic rings. The van der Waals surface area contributed by atoms with Gasteiger partial charge in [-0.15, -0.1) is 0 Å². The van der Waals surface area contributed by atoms with E-state index in [9.17, 15) is 4.79 Å². The number of aldehydes is 1. The van der Waals surface area contributed by atoms with Gasteiger partial charge in [0, 0.05) is 11.6 Å². The first-order valence-corrected chi connectivity index (χ1v) is 5.19. The van der Waals surface area contributed by atoms with Crippen LogP contribution in [0.1, 0.15) is 10.4 Å². The highest BCUT2D eigenvalue weighted by Crippen LogP contribution is 2.24. The van der Waals surface area contributed by atoms with Gasteiger partial charge >= 0.3 is 0 Å². The van der Waals surface area contributed by atoms with E-state index in [-0.39, 0.29) is 0 Å². The van der Waals surface area contributed by atoms with Gasteiger partial charge in [0.05, 0.1) is 7.11 Å². The molecule has 2 rings (SSSR count). The number of methoxy groups -OCH3 is 1. The molecule has 0 radical (unpaired) electrons. The molecule has 0 aliphatic heterocycles. The van der Waals surface area contributed by atoms with Gasteiger partial charge in [0.2, 0.25) is 0 Å². The normalized spacial score (nSPS) is 9.71. The Morgan fingerprint density at radius 1 is 0.941 bits per heavy atom. The molecule has 2 aromatic carbocycles. The number of carbonyl (C=O) groups is 1. The van der Waals surface area contributed by atoms with Crippen LogP contribution in [0.4, 0.5) is 0 Å². The molecule has 0 spiro atoms. The number of hydrogen-bond acceptors (Lipinski definition) is 3. The summed E-state index contributed by atoms with van der Waals surface area (Å²) in [5, 5.41) is 0. The lowest BCUT2D eigenvalue weighted by molar-refractivity contribution is 0.112. The van der Waals surface area contributed by atoms with Crippen molar-refractivity contribution in [2.75, 3.05) is 7.11 Å². The fourth-order valence-electron chi connectivity index (χ4n) is 1.42. The second kappa shape index (κ2) is 5.16. The molecule has 0 bridgehead atoms. The van der Waals surface area contributed by atoms with E-state index < -0.39 is 0 Å². The van der Waals surface area contributed by atoms with Crippen molar-refractivity contribution < 1.29 is 14.3 Å². The molecule has 3 nitrogen and oxygen atoms in total. The molecule has 86 valence electrons. The number of benzene rings is 2. The highest BCUT2D eigenvalue weighted by atomic mass is 16.5. The third-order valence-electron chi connectivity index (χ3n) is 2.29. The lowest BCUT2D eigenvalue weighted by atomic mass is 10.2. The van der Waals surface area contributed by atoms with Crippen molar-refractivity contribution in [2.45, 2.75) is 0 Å². The predicted molar refractivity (Wildman–Crippen MR) is 64.9 cm³/mol. The Balaban J connectivity index is 2.15. The van der Waals surface area contributed by atoms with Gasteiger partial charge in [0.25, 0.3) is 0 Å². The Kier molecular flexibility index (Phi) is 3.40. The van der Waals surface area contributed by atoms with Crippen LogP contribution in [0.2, 0.25) is 0 Å². The van der Waals surface area contributed by atoms with Crippen LogP contribution in [-0.2, 0) is 0 Å². The zero-order chi connectivity index (χ0) is 12.1. The summed E-state index contributed by atoms with van der Waals surface area (Å²) in [6, 6.07) is 14.3. The molecule has 17 heavy (non-hydrogen) atoms. The molecule has 0 amide bonds. The highest BCUT2D eigenvalue weighted by Gasteiger charge is 1.99. The second-order valence-corrected chi connectivity index (χ2v) is 3.47. The minimum absolute atomic E-state index is 0.628. The fourth-order valence-corrected chi connectivity index (χ4v) is 1.42. The van der Waals surface area contributed by atoms with Crippen LogP contribution >= 0.6 is 0 Å². The third kappa shape index (κ3) is 2.84. The minimum atomic E-state index is 0.628. The number of carbonyl (C=O) groups excluding carboxylic acids is 1. The van der Waals surface area contributed by atoms with Crippen molar-refractivity contribution in [3.63, 3.8) is 0 Å². The van der Waals surface area contributed by atoms with Gasteiger partial charge < -0.3 is 9.47 Å². The van der Waals surface area contributed by atoms with Gasteiger partial charge in [-0.05, 0) is 36.4 Å². The third-order valence-corrected chi connectivity index (χ3v) is 2.29. The smallest absolute Gasteiger partial charge is 0.150 e. The van der Waals surface area contributed by atoms with Crippen LogP contribution < -0.4 is 9.47 Å². The van der Waals surface area contributed by atoms with E-state index in [2.05, 4.69) is 0 Å². The fraction of sp³-hybridized carbons (Fsp3) is 0.0714. The Bertz CT molecular complexity index is 503. The van der Waals surface area contributed by atoms with Crippen LogP contribution in [0.15, 0.2) is 48.5 Å². The summed E-state index contributed by atoms with van der Waals surface area (Å²) in [6.07, 6.45) is 0.801. The summed E-state index contributed by atoms with van der Waals surface area (Å²) in [5.74, 6) is 2.12. The van der Waals surface area contributed by atoms with E-state index in [1.54, 1.807) is 37.4 Å². The van der Waals surface area contributed by atoms with Crippen molar-refractivity contribution in [1.29, 1.82) is 0 Å². The molecule has 0 aliphatic carbocycles. The summed E-state index contributed by atoms with van der Waals surface area (Å²) in [7, 11) is 1.61. The lowest BCUT2D eigenvalue weighted by Crippen LogP contribution is -1.87. The Morgan fingerprint density at radius 2 is 1.65 bits per heavy atom. The van der Waals surface area contributed by atoms with Gasteiger partial charge in [-0.3, -0.25) is 4.79 Å². The SMILES string of the molecule is COc1cccc(Oc2ccc(C=O)cc2)c1. The van der Waals surface area contributed by atoms with Crippen molar-refractivity contribution in [3.05, 3.63) is 54.1 Å². The predicted octanol–water partition coefficient (Wildman–Crippen LogP) is 3.30. The van der Waals surface area contributed by atoms with Crippen LogP contribution in [0.5, 0.6) is 17.2 Å². The first kappa shape index (κ1) is 11.2. The summed E-state index contributed by atoms with van der Waals surface area (Å²) in [5.41, 5.74) is 0.628. The topological polar surface area (TPSA) is 35.5 Å². The molecular formula is C14H12O3. The first-order valence-electron chi connectivity index (χ1n) is 5.19. The largest absolute Gasteiger partial charge is 0.497 e. The van der Waals surface area contributed by atoms with E-state index in [4.69, 9.17) is 9.47 Å². The Labute approximate surface area is 99.6 Å². The molecule has 0 aromatic heterocycles. The van der Waals surface area contributed by atoms with E-state index in [0.717, 1.165) is 12.0 Å². The maximum absolute atomic E-state index is 10.5. The molecule has 2 aromatic rings. The average molecular weight is 228 g/mol. The molecule has 0 fully saturated rings. The molecular weight excluding hydrogens is 216 g/mol. The second-order valence-electron chi connectivity index (χ2n) is 3.47. The Morgan fingerprint density at radius 3 is 2.29 bits per heavy atom. The number of hydrogen-bond donors (Lipinski definition) is 0. The zero-order valence-electron chi connectivity index (χ0n) is 9.42. The zero-order valence-corrected chi connectivity index (χ0v) is 9.42. The molecule has 0 unspecified atom stereocenters. The summed E-state index contributed by atoms with van der Waals surface area (Å²) >= 11 is 0. The van der Waals surface area contributed by atoms with Crippen LogP contribution in [-0.4, -0.2) is 13.4 Å². The molecule has 0 atom stereocenters. The summed E-state index contributed by atoms with van der Waals surface area (Å²) in [6.45, 7) is 0. The van der Waals surface area contributed by atoms with Crippen molar-refractivity contribution in [3.8, 4) is 17.2 Å². The number of ether oxygens (including phenoxy) is 2. The maximum atomic E-state index is 10.5. The van der Waals surface area contributed by atoms with Gasteiger partial charge in [0.15, 0.2) is 0 Å². The lowest BCUT2D eigenvalue weighted by Gasteiger charge is -2.07. The minimum Gasteiger partial charge on any atom is -0.497 e. The first-order chi connectivity index (χ1) is 8.31. The molecule has 0 saturated heterocycles. The van der Waals surface area contributed by atoms with E-state index >= 15 is 0 Å². The average Bonchev–Trinajstić information content (AvgIpc) is 2.40. The van der Waals surface area contributed by atoms with E-state index in [1.807, 2.05) is 18.2 Å². The van der Waals surface area contributed by atoms with Gasteiger partial charge in [0.1, 0.15) is 23.5 Å². The standard InChI is InChI=1S/C14H12O3/c1-16-13-3-2-4-14(9-13)17-12-7-5-11(10-15)6-8-12/h2-10H,1H3. The van der Waals surface area contributed by atoms with Gasteiger partial charge in [-0.1, -0.05) is 6.07 Å². The Hall–Kier alpha value is -2.29. The van der Waals surface area contributed by atoms with Crippen LogP contribution in [0, 0.1) is 0 Å². The summed E-state index contributed by atoms with van der Waals surface area (Å²) < 4.78 is 10.7. The van der Waals surface area contributed by atoms with Crippen molar-refractivity contribution >= 4 is 6.29 Å². The molecule has 0 saturated carbocycles. The van der Waals surface area contributed by atoms with Crippen molar-refractivity contribution in [2.24, 2.45) is 0 Å². The van der Waals surface area contributed by atoms with E-state index in [1.165, 1.54) is 0 Å². The maximum Gasteiger partial charge on any atom is 0.150 e. The van der Waals surface area contributed by atoms with Crippen molar-refractivity contribution in [1.82, 2.24) is 0 Å². The highest BCUT2D eigenvalue weighted by molar-refractivity contribution is 5.74. The van der Waals surface area contributed by atoms with E-state index in [0.29, 0.717) is 17.1 Å². The quantitative estimate of drug-likeness (QED) is 0.753. The summed E-state index contributed by atoms with van der Waals surface area (Å²) in [4.78, 5) is 10.5. The molecule has 0 heterocycles. The molecule has 3 heteroatoms. The van der Waals surface area contributed by atoms with Gasteiger partial charge in [-0.25, -0.2) is 0 Å². The van der Waals surface area contributed by atoms with Crippen LogP contribution in [0.25, 0.3) is 0 Å².